The third-order valence-electron chi connectivity index (χ3n) is 3.65. The van der Waals surface area contributed by atoms with Crippen LogP contribution in [0.1, 0.15) is 0 Å². The summed E-state index contributed by atoms with van der Waals surface area (Å²) in [7, 11) is -2.31. The zero-order valence-electron chi connectivity index (χ0n) is 12.9. The number of nitrogens with zero attached hydrogens (tertiary/aromatic N) is 3. The molecule has 24 heavy (non-hydrogen) atoms. The Labute approximate surface area is 150 Å². The summed E-state index contributed by atoms with van der Waals surface area (Å²) < 4.78 is 34.6. The maximum atomic E-state index is 12.6. The minimum atomic E-state index is -3.93. The minimum Gasteiger partial charge on any atom is -0.378 e. The number of aromatic nitrogens is 2. The summed E-state index contributed by atoms with van der Waals surface area (Å²) in [6, 6.07) is 5.06. The van der Waals surface area contributed by atoms with Crippen LogP contribution >= 0.6 is 23.2 Å². The van der Waals surface area contributed by atoms with Gasteiger partial charge in [0.2, 0.25) is 5.03 Å². The van der Waals surface area contributed by atoms with Crippen LogP contribution in [0.15, 0.2) is 29.6 Å². The topological polar surface area (TPSA) is 76.5 Å². The van der Waals surface area contributed by atoms with Gasteiger partial charge in [-0.3, -0.25) is 4.72 Å². The zero-order valence-corrected chi connectivity index (χ0v) is 15.2. The van der Waals surface area contributed by atoms with Crippen molar-refractivity contribution in [2.24, 2.45) is 7.05 Å². The Kier molecular flexibility index (Phi) is 4.91. The van der Waals surface area contributed by atoms with Gasteiger partial charge in [0.15, 0.2) is 0 Å². The van der Waals surface area contributed by atoms with Crippen LogP contribution in [0, 0.1) is 0 Å². The van der Waals surface area contributed by atoms with Crippen molar-refractivity contribution in [3.8, 4) is 0 Å². The molecule has 10 heteroatoms. The molecule has 0 bridgehead atoms. The second-order valence-corrected chi connectivity index (χ2v) is 7.66. The molecule has 1 fully saturated rings. The predicted molar refractivity (Wildman–Crippen MR) is 93.5 cm³/mol. The first-order chi connectivity index (χ1) is 11.4. The molecule has 130 valence electrons. The van der Waals surface area contributed by atoms with Gasteiger partial charge in [-0.25, -0.2) is 4.98 Å². The molecule has 0 aliphatic carbocycles. The van der Waals surface area contributed by atoms with E-state index in [9.17, 15) is 8.42 Å². The summed E-state index contributed by atoms with van der Waals surface area (Å²) in [6.07, 6.45) is 1.34. The van der Waals surface area contributed by atoms with Gasteiger partial charge in [0.05, 0.1) is 35.9 Å². The lowest BCUT2D eigenvalue weighted by Gasteiger charge is -2.31. The molecule has 0 unspecified atom stereocenters. The lowest BCUT2D eigenvalue weighted by atomic mass is 10.2. The van der Waals surface area contributed by atoms with E-state index in [1.165, 1.54) is 10.9 Å². The Bertz CT molecular complexity index is 848. The molecular formula is C14H16Cl2N4O3S. The quantitative estimate of drug-likeness (QED) is 0.866. The number of morpholine rings is 1. The number of para-hydroxylation sites is 1. The molecule has 0 radical (unpaired) electrons. The number of halogens is 2. The monoisotopic (exact) mass is 390 g/mol. The van der Waals surface area contributed by atoms with Crippen molar-refractivity contribution in [1.82, 2.24) is 9.55 Å². The van der Waals surface area contributed by atoms with Crippen molar-refractivity contribution >= 4 is 44.6 Å². The van der Waals surface area contributed by atoms with E-state index in [0.29, 0.717) is 42.7 Å². The smallest absolute Gasteiger partial charge is 0.282 e. The zero-order chi connectivity index (χ0) is 17.3. The summed E-state index contributed by atoms with van der Waals surface area (Å²) in [5.74, 6) is 0. The van der Waals surface area contributed by atoms with Crippen molar-refractivity contribution in [2.45, 2.75) is 5.03 Å². The summed E-state index contributed by atoms with van der Waals surface area (Å²) in [5, 5.41) is 0.279. The Hall–Kier alpha value is -1.48. The molecule has 7 nitrogen and oxygen atoms in total. The van der Waals surface area contributed by atoms with E-state index in [-0.39, 0.29) is 10.2 Å². The van der Waals surface area contributed by atoms with Crippen molar-refractivity contribution in [3.05, 3.63) is 34.7 Å². The highest BCUT2D eigenvalue weighted by molar-refractivity contribution is 7.92. The molecule has 1 aromatic heterocycles. The van der Waals surface area contributed by atoms with Gasteiger partial charge in [0.1, 0.15) is 5.15 Å². The van der Waals surface area contributed by atoms with Crippen molar-refractivity contribution in [1.29, 1.82) is 0 Å². The summed E-state index contributed by atoms with van der Waals surface area (Å²) in [5.41, 5.74) is 1.00. The highest BCUT2D eigenvalue weighted by atomic mass is 35.5. The Morgan fingerprint density at radius 1 is 1.25 bits per heavy atom. The number of hydrogen-bond donors (Lipinski definition) is 1. The summed E-state index contributed by atoms with van der Waals surface area (Å²) >= 11 is 12.3. The number of aryl methyl sites for hydroxylation is 1. The maximum Gasteiger partial charge on any atom is 0.282 e. The second-order valence-electron chi connectivity index (χ2n) is 5.29. The third-order valence-corrected chi connectivity index (χ3v) is 5.81. The van der Waals surface area contributed by atoms with Gasteiger partial charge in [-0.05, 0) is 12.1 Å². The van der Waals surface area contributed by atoms with Gasteiger partial charge in [0, 0.05) is 20.1 Å². The van der Waals surface area contributed by atoms with Crippen LogP contribution in [-0.4, -0.2) is 44.3 Å². The number of anilines is 2. The summed E-state index contributed by atoms with van der Waals surface area (Å²) in [4.78, 5) is 5.85. The SMILES string of the molecule is Cn1cnc(S(=O)(=O)Nc2cccc(Cl)c2N2CCOCC2)c1Cl. The largest absolute Gasteiger partial charge is 0.378 e. The lowest BCUT2D eigenvalue weighted by molar-refractivity contribution is 0.123. The van der Waals surface area contributed by atoms with E-state index in [1.54, 1.807) is 25.2 Å². The molecule has 2 heterocycles. The fourth-order valence-corrected chi connectivity index (χ4v) is 4.27. The summed E-state index contributed by atoms with van der Waals surface area (Å²) in [6.45, 7) is 2.37. The molecule has 2 aromatic rings. The van der Waals surface area contributed by atoms with E-state index < -0.39 is 10.0 Å². The number of imidazole rings is 1. The highest BCUT2D eigenvalue weighted by Crippen LogP contribution is 2.36. The van der Waals surface area contributed by atoms with Crippen LogP contribution in [0.3, 0.4) is 0 Å². The van der Waals surface area contributed by atoms with E-state index in [1.807, 2.05) is 4.90 Å². The van der Waals surface area contributed by atoms with E-state index >= 15 is 0 Å². The Morgan fingerprint density at radius 2 is 1.96 bits per heavy atom. The van der Waals surface area contributed by atoms with Crippen LogP contribution < -0.4 is 9.62 Å². The molecule has 1 N–H and O–H groups in total. The Morgan fingerprint density at radius 3 is 2.58 bits per heavy atom. The molecule has 1 aliphatic rings. The van der Waals surface area contributed by atoms with E-state index in [4.69, 9.17) is 27.9 Å². The molecule has 1 aliphatic heterocycles. The fraction of sp³-hybridized carbons (Fsp3) is 0.357. The van der Waals surface area contributed by atoms with E-state index in [0.717, 1.165) is 0 Å². The number of hydrogen-bond acceptors (Lipinski definition) is 5. The second kappa shape index (κ2) is 6.79. The molecular weight excluding hydrogens is 375 g/mol. The van der Waals surface area contributed by atoms with Gasteiger partial charge in [0.25, 0.3) is 10.0 Å². The third kappa shape index (κ3) is 3.32. The van der Waals surface area contributed by atoms with Gasteiger partial charge < -0.3 is 14.2 Å². The first-order valence-corrected chi connectivity index (χ1v) is 9.45. The average molecular weight is 391 g/mol. The standard InChI is InChI=1S/C14H16Cl2N4O3S/c1-19-9-17-14(13(19)16)24(21,22)18-11-4-2-3-10(15)12(11)20-5-7-23-8-6-20/h2-4,9,18H,5-8H2,1H3. The highest BCUT2D eigenvalue weighted by Gasteiger charge is 2.25. The lowest BCUT2D eigenvalue weighted by Crippen LogP contribution is -2.37. The average Bonchev–Trinajstić information content (AvgIpc) is 2.88. The van der Waals surface area contributed by atoms with Crippen molar-refractivity contribution in [3.63, 3.8) is 0 Å². The number of rotatable bonds is 4. The van der Waals surface area contributed by atoms with Crippen LogP contribution in [0.25, 0.3) is 0 Å². The van der Waals surface area contributed by atoms with E-state index in [2.05, 4.69) is 9.71 Å². The molecule has 1 saturated heterocycles. The first-order valence-electron chi connectivity index (χ1n) is 7.21. The van der Waals surface area contributed by atoms with Crippen molar-refractivity contribution in [2.75, 3.05) is 35.9 Å². The predicted octanol–water partition coefficient (Wildman–Crippen LogP) is 2.36. The first kappa shape index (κ1) is 17.3. The molecule has 0 amide bonds. The van der Waals surface area contributed by atoms with Gasteiger partial charge in [-0.1, -0.05) is 29.3 Å². The number of sulfonamides is 1. The number of nitrogens with one attached hydrogen (secondary N) is 1. The molecule has 0 atom stereocenters. The molecule has 3 rings (SSSR count). The van der Waals surface area contributed by atoms with Crippen molar-refractivity contribution < 1.29 is 13.2 Å². The van der Waals surface area contributed by atoms with Gasteiger partial charge in [-0.15, -0.1) is 0 Å². The van der Waals surface area contributed by atoms with Crippen LogP contribution in [0.2, 0.25) is 10.2 Å². The molecule has 0 spiro atoms. The van der Waals surface area contributed by atoms with Crippen LogP contribution in [0.4, 0.5) is 11.4 Å². The van der Waals surface area contributed by atoms with Gasteiger partial charge in [-0.2, -0.15) is 8.42 Å². The normalized spacial score (nSPS) is 15.5. The fourth-order valence-electron chi connectivity index (χ4n) is 2.47. The molecule has 1 aromatic carbocycles. The minimum absolute atomic E-state index is 0.0393. The van der Waals surface area contributed by atoms with Gasteiger partial charge >= 0.3 is 0 Å². The molecule has 0 saturated carbocycles. The Balaban J connectivity index is 1.98. The van der Waals surface area contributed by atoms with Crippen LogP contribution in [-0.2, 0) is 21.8 Å². The number of ether oxygens (including phenoxy) is 1. The maximum absolute atomic E-state index is 12.6. The van der Waals surface area contributed by atoms with Crippen LogP contribution in [0.5, 0.6) is 0 Å². The number of benzene rings is 1.